The first kappa shape index (κ1) is 20.0. The van der Waals surface area contributed by atoms with Gasteiger partial charge in [0.25, 0.3) is 5.91 Å². The van der Waals surface area contributed by atoms with Crippen LogP contribution in [-0.4, -0.2) is 24.5 Å². The topological polar surface area (TPSA) is 51.2 Å². The highest BCUT2D eigenvalue weighted by Gasteiger charge is 2.07. The molecule has 3 aromatic rings. The molecule has 0 saturated heterocycles. The Morgan fingerprint density at radius 1 is 1.14 bits per heavy atom. The van der Waals surface area contributed by atoms with Crippen molar-refractivity contribution < 1.29 is 9.53 Å². The molecule has 3 rings (SSSR count). The van der Waals surface area contributed by atoms with E-state index in [9.17, 15) is 4.79 Å². The molecule has 144 valence electrons. The molecule has 1 amide bonds. The summed E-state index contributed by atoms with van der Waals surface area (Å²) in [5, 5.41) is 2.99. The van der Waals surface area contributed by atoms with Gasteiger partial charge in [0.15, 0.2) is 0 Å². The molecular formula is C23H24N2O2S. The molecule has 4 nitrogen and oxygen atoms in total. The third kappa shape index (κ3) is 5.60. The van der Waals surface area contributed by atoms with Crippen LogP contribution in [0, 0.1) is 6.92 Å². The van der Waals surface area contributed by atoms with Gasteiger partial charge in [-0.1, -0.05) is 23.8 Å². The second-order valence-electron chi connectivity index (χ2n) is 6.50. The van der Waals surface area contributed by atoms with Gasteiger partial charge in [-0.2, -0.15) is 0 Å². The summed E-state index contributed by atoms with van der Waals surface area (Å²) in [6.07, 6.45) is 4.38. The van der Waals surface area contributed by atoms with E-state index in [1.54, 1.807) is 25.1 Å². The zero-order valence-electron chi connectivity index (χ0n) is 16.1. The van der Waals surface area contributed by atoms with Gasteiger partial charge in [-0.15, -0.1) is 11.8 Å². The summed E-state index contributed by atoms with van der Waals surface area (Å²) in [6.45, 7) is 2.62. The molecular weight excluding hydrogens is 368 g/mol. The second kappa shape index (κ2) is 9.95. The van der Waals surface area contributed by atoms with E-state index in [0.717, 1.165) is 28.4 Å². The number of nitrogens with zero attached hydrogens (tertiary/aromatic N) is 1. The highest BCUT2D eigenvalue weighted by molar-refractivity contribution is 7.98. The van der Waals surface area contributed by atoms with Crippen molar-refractivity contribution in [1.82, 2.24) is 10.3 Å². The summed E-state index contributed by atoms with van der Waals surface area (Å²) in [5.74, 6) is 1.66. The fourth-order valence-electron chi connectivity index (χ4n) is 2.87. The summed E-state index contributed by atoms with van der Waals surface area (Å²) in [5.41, 5.74) is 4.13. The van der Waals surface area contributed by atoms with E-state index in [0.29, 0.717) is 12.1 Å². The van der Waals surface area contributed by atoms with Crippen LogP contribution in [0.2, 0.25) is 0 Å². The quantitative estimate of drug-likeness (QED) is 0.566. The van der Waals surface area contributed by atoms with E-state index in [-0.39, 0.29) is 5.91 Å². The lowest BCUT2D eigenvalue weighted by molar-refractivity contribution is 0.0954. The number of aromatic nitrogens is 1. The normalized spacial score (nSPS) is 10.5. The molecule has 0 fully saturated rings. The summed E-state index contributed by atoms with van der Waals surface area (Å²) >= 11 is 1.73. The molecule has 0 bridgehead atoms. The summed E-state index contributed by atoms with van der Waals surface area (Å²) in [7, 11) is 1.67. The molecule has 0 atom stereocenters. The number of pyridine rings is 1. The van der Waals surface area contributed by atoms with Crippen LogP contribution in [-0.2, 0) is 12.2 Å². The van der Waals surface area contributed by atoms with Gasteiger partial charge in [0.1, 0.15) is 5.75 Å². The third-order valence-corrected chi connectivity index (χ3v) is 5.44. The number of hydrogen-bond acceptors (Lipinski definition) is 4. The molecule has 5 heteroatoms. The number of nitrogens with one attached hydrogen (secondary N) is 1. The average molecular weight is 393 g/mol. The highest BCUT2D eigenvalue weighted by Crippen LogP contribution is 2.23. The van der Waals surface area contributed by atoms with Crippen LogP contribution >= 0.6 is 11.8 Å². The molecule has 0 radical (unpaired) electrons. The van der Waals surface area contributed by atoms with E-state index >= 15 is 0 Å². The van der Waals surface area contributed by atoms with Crippen LogP contribution in [0.1, 0.15) is 27.0 Å². The summed E-state index contributed by atoms with van der Waals surface area (Å²) in [6, 6.07) is 17.8. The van der Waals surface area contributed by atoms with Crippen molar-refractivity contribution in [2.45, 2.75) is 24.0 Å². The van der Waals surface area contributed by atoms with Crippen LogP contribution in [0.15, 0.2) is 71.9 Å². The van der Waals surface area contributed by atoms with Gasteiger partial charge in [0.05, 0.1) is 7.11 Å². The second-order valence-corrected chi connectivity index (χ2v) is 7.54. The first-order valence-corrected chi connectivity index (χ1v) is 10.2. The van der Waals surface area contributed by atoms with Gasteiger partial charge in [0, 0.05) is 35.2 Å². The largest absolute Gasteiger partial charge is 0.496 e. The molecule has 1 aromatic heterocycles. The molecule has 0 unspecified atom stereocenters. The maximum atomic E-state index is 12.4. The minimum absolute atomic E-state index is 0.0598. The Labute approximate surface area is 170 Å². The Morgan fingerprint density at radius 3 is 2.68 bits per heavy atom. The number of ether oxygens (including phenoxy) is 1. The Bertz CT molecular complexity index is 912. The van der Waals surface area contributed by atoms with Gasteiger partial charge >= 0.3 is 0 Å². The van der Waals surface area contributed by atoms with Crippen molar-refractivity contribution in [3.05, 3.63) is 89.2 Å². The van der Waals surface area contributed by atoms with Crippen LogP contribution in [0.3, 0.4) is 0 Å². The maximum Gasteiger partial charge on any atom is 0.251 e. The Hall–Kier alpha value is -2.79. The van der Waals surface area contributed by atoms with E-state index in [2.05, 4.69) is 29.4 Å². The number of carbonyl (C=O) groups is 1. The minimum atomic E-state index is -0.0598. The standard InChI is InChI=1S/C23H24N2O2S/c1-17-5-10-22(27-2)20(14-17)11-13-25-23(26)19-6-8-21(9-7-19)28-16-18-4-3-12-24-15-18/h3-10,12,14-15H,11,13,16H2,1-2H3,(H,25,26). The number of amides is 1. The maximum absolute atomic E-state index is 12.4. The molecule has 0 aliphatic carbocycles. The molecule has 0 aliphatic rings. The number of hydrogen-bond donors (Lipinski definition) is 1. The number of thioether (sulfide) groups is 1. The van der Waals surface area contributed by atoms with Crippen LogP contribution in [0.25, 0.3) is 0 Å². The number of rotatable bonds is 8. The highest BCUT2D eigenvalue weighted by atomic mass is 32.2. The predicted octanol–water partition coefficient (Wildman–Crippen LogP) is 4.66. The molecule has 1 heterocycles. The number of carbonyl (C=O) groups excluding carboxylic acids is 1. The van der Waals surface area contributed by atoms with Crippen molar-refractivity contribution in [3.8, 4) is 5.75 Å². The van der Waals surface area contributed by atoms with Gasteiger partial charge < -0.3 is 10.1 Å². The van der Waals surface area contributed by atoms with Gasteiger partial charge in [-0.05, 0) is 60.9 Å². The molecule has 0 aliphatic heterocycles. The SMILES string of the molecule is COc1ccc(C)cc1CCNC(=O)c1ccc(SCc2cccnc2)cc1. The van der Waals surface area contributed by atoms with Crippen LogP contribution in [0.5, 0.6) is 5.75 Å². The summed E-state index contributed by atoms with van der Waals surface area (Å²) in [4.78, 5) is 17.6. The first-order chi connectivity index (χ1) is 13.7. The van der Waals surface area contributed by atoms with E-state index in [1.165, 1.54) is 11.1 Å². The van der Waals surface area contributed by atoms with Crippen molar-refractivity contribution in [2.75, 3.05) is 13.7 Å². The zero-order valence-corrected chi connectivity index (χ0v) is 17.0. The summed E-state index contributed by atoms with van der Waals surface area (Å²) < 4.78 is 5.39. The van der Waals surface area contributed by atoms with Crippen molar-refractivity contribution in [2.24, 2.45) is 0 Å². The number of aryl methyl sites for hydroxylation is 1. The predicted molar refractivity (Wildman–Crippen MR) is 114 cm³/mol. The lowest BCUT2D eigenvalue weighted by Gasteiger charge is -2.10. The minimum Gasteiger partial charge on any atom is -0.496 e. The van der Waals surface area contributed by atoms with Crippen molar-refractivity contribution in [3.63, 3.8) is 0 Å². The van der Waals surface area contributed by atoms with Gasteiger partial charge in [0.2, 0.25) is 0 Å². The van der Waals surface area contributed by atoms with Crippen molar-refractivity contribution >= 4 is 17.7 Å². The van der Waals surface area contributed by atoms with Gasteiger partial charge in [-0.25, -0.2) is 0 Å². The molecule has 2 aromatic carbocycles. The fraction of sp³-hybridized carbons (Fsp3) is 0.217. The van der Waals surface area contributed by atoms with E-state index in [4.69, 9.17) is 4.74 Å². The first-order valence-electron chi connectivity index (χ1n) is 9.19. The number of benzene rings is 2. The Morgan fingerprint density at radius 2 is 1.96 bits per heavy atom. The lowest BCUT2D eigenvalue weighted by Crippen LogP contribution is -2.25. The molecule has 1 N–H and O–H groups in total. The molecule has 28 heavy (non-hydrogen) atoms. The van der Waals surface area contributed by atoms with E-state index < -0.39 is 0 Å². The Kier molecular flexibility index (Phi) is 7.09. The smallest absolute Gasteiger partial charge is 0.251 e. The molecule has 0 spiro atoms. The lowest BCUT2D eigenvalue weighted by atomic mass is 10.1. The fourth-order valence-corrected chi connectivity index (χ4v) is 3.70. The zero-order chi connectivity index (χ0) is 19.8. The van der Waals surface area contributed by atoms with Crippen molar-refractivity contribution in [1.29, 1.82) is 0 Å². The van der Waals surface area contributed by atoms with Crippen LogP contribution < -0.4 is 10.1 Å². The van der Waals surface area contributed by atoms with Gasteiger partial charge in [-0.3, -0.25) is 9.78 Å². The number of methoxy groups -OCH3 is 1. The third-order valence-electron chi connectivity index (χ3n) is 4.36. The average Bonchev–Trinajstić information content (AvgIpc) is 2.73. The monoisotopic (exact) mass is 392 g/mol. The van der Waals surface area contributed by atoms with Crippen LogP contribution in [0.4, 0.5) is 0 Å². The Balaban J connectivity index is 1.50. The van der Waals surface area contributed by atoms with E-state index in [1.807, 2.05) is 48.7 Å². The molecule has 0 saturated carbocycles.